The Balaban J connectivity index is 3.18. The van der Waals surface area contributed by atoms with E-state index >= 15 is 0 Å². The van der Waals surface area contributed by atoms with Crippen LogP contribution in [-0.4, -0.2) is 25.8 Å². The monoisotopic (exact) mass is 331 g/mol. The van der Waals surface area contributed by atoms with Gasteiger partial charge in [0, 0.05) is 18.1 Å². The molecule has 1 aromatic carbocycles. The molecule has 0 unspecified atom stereocenters. The minimum atomic E-state index is -3.44. The van der Waals surface area contributed by atoms with Crippen molar-refractivity contribution in [1.29, 1.82) is 0 Å². The Bertz CT molecular complexity index is 562. The van der Waals surface area contributed by atoms with Crippen LogP contribution in [0.25, 0.3) is 0 Å². The highest BCUT2D eigenvalue weighted by atomic mass is 35.5. The average molecular weight is 332 g/mol. The van der Waals surface area contributed by atoms with Crippen molar-refractivity contribution in [2.75, 3.05) is 13.1 Å². The minimum Gasteiger partial charge on any atom is -0.207 e. The summed E-state index contributed by atoms with van der Waals surface area (Å²) in [7, 11) is -3.44. The molecule has 0 N–H and O–H groups in total. The summed E-state index contributed by atoms with van der Waals surface area (Å²) in [4.78, 5) is 0.386. The third kappa shape index (κ3) is 4.70. The number of aryl methyl sites for hydroxylation is 2. The molecule has 0 heterocycles. The standard InChI is InChI=1S/C16H26ClNO2S/c1-5-7-9-18(10-8-6-2)21(19,20)16-12-13(3)15(17)11-14(16)4/h11-12H,5-10H2,1-4H3. The molecule has 0 amide bonds. The molecule has 0 saturated heterocycles. The van der Waals surface area contributed by atoms with Crippen molar-refractivity contribution in [2.24, 2.45) is 0 Å². The minimum absolute atomic E-state index is 0.386. The van der Waals surface area contributed by atoms with Crippen molar-refractivity contribution in [3.8, 4) is 0 Å². The molecule has 0 fully saturated rings. The lowest BCUT2D eigenvalue weighted by atomic mass is 10.2. The number of hydrogen-bond donors (Lipinski definition) is 0. The predicted molar refractivity (Wildman–Crippen MR) is 89.5 cm³/mol. The number of benzene rings is 1. The molecular weight excluding hydrogens is 306 g/mol. The van der Waals surface area contributed by atoms with E-state index in [0.717, 1.165) is 31.2 Å². The van der Waals surface area contributed by atoms with Gasteiger partial charge in [0.2, 0.25) is 10.0 Å². The molecule has 120 valence electrons. The third-order valence-electron chi connectivity index (χ3n) is 3.60. The molecule has 0 aliphatic heterocycles. The Kier molecular flexibility index (Phi) is 7.17. The van der Waals surface area contributed by atoms with Crippen LogP contribution in [0.1, 0.15) is 50.7 Å². The second kappa shape index (κ2) is 8.16. The molecule has 0 bridgehead atoms. The van der Waals surface area contributed by atoms with E-state index in [1.165, 1.54) is 0 Å². The molecule has 1 aromatic rings. The summed E-state index contributed by atoms with van der Waals surface area (Å²) in [6, 6.07) is 3.43. The molecule has 0 saturated carbocycles. The first-order chi connectivity index (χ1) is 9.84. The van der Waals surface area contributed by atoms with E-state index in [4.69, 9.17) is 11.6 Å². The first-order valence-corrected chi connectivity index (χ1v) is 9.43. The van der Waals surface area contributed by atoms with Crippen LogP contribution in [0.3, 0.4) is 0 Å². The maximum Gasteiger partial charge on any atom is 0.243 e. The van der Waals surface area contributed by atoms with Gasteiger partial charge in [0.25, 0.3) is 0 Å². The van der Waals surface area contributed by atoms with Gasteiger partial charge < -0.3 is 0 Å². The average Bonchev–Trinajstić information content (AvgIpc) is 2.42. The van der Waals surface area contributed by atoms with Gasteiger partial charge in [0.15, 0.2) is 0 Å². The molecule has 0 atom stereocenters. The summed E-state index contributed by atoms with van der Waals surface area (Å²) in [5.41, 5.74) is 1.51. The van der Waals surface area contributed by atoms with Crippen LogP contribution in [0.4, 0.5) is 0 Å². The zero-order chi connectivity index (χ0) is 16.0. The summed E-state index contributed by atoms with van der Waals surface area (Å²) in [5, 5.41) is 0.611. The molecule has 1 rings (SSSR count). The molecule has 3 nitrogen and oxygen atoms in total. The maximum absolute atomic E-state index is 12.9. The van der Waals surface area contributed by atoms with Crippen molar-refractivity contribution >= 4 is 21.6 Å². The van der Waals surface area contributed by atoms with Gasteiger partial charge in [-0.1, -0.05) is 38.3 Å². The fraction of sp³-hybridized carbons (Fsp3) is 0.625. The number of hydrogen-bond acceptors (Lipinski definition) is 2. The lowest BCUT2D eigenvalue weighted by molar-refractivity contribution is 0.395. The van der Waals surface area contributed by atoms with Gasteiger partial charge in [0.1, 0.15) is 0 Å². The second-order valence-electron chi connectivity index (χ2n) is 5.48. The molecule has 5 heteroatoms. The highest BCUT2D eigenvalue weighted by molar-refractivity contribution is 7.89. The lowest BCUT2D eigenvalue weighted by Crippen LogP contribution is -2.33. The topological polar surface area (TPSA) is 37.4 Å². The van der Waals surface area contributed by atoms with E-state index in [2.05, 4.69) is 13.8 Å². The van der Waals surface area contributed by atoms with Crippen LogP contribution in [0.5, 0.6) is 0 Å². The van der Waals surface area contributed by atoms with E-state index in [0.29, 0.717) is 28.6 Å². The second-order valence-corrected chi connectivity index (χ2v) is 7.79. The number of halogens is 1. The van der Waals surface area contributed by atoms with Crippen LogP contribution < -0.4 is 0 Å². The van der Waals surface area contributed by atoms with Gasteiger partial charge in [-0.2, -0.15) is 4.31 Å². The van der Waals surface area contributed by atoms with E-state index in [-0.39, 0.29) is 0 Å². The summed E-state index contributed by atoms with van der Waals surface area (Å²) in [6.07, 6.45) is 3.73. The Hall–Kier alpha value is -0.580. The fourth-order valence-electron chi connectivity index (χ4n) is 2.19. The zero-order valence-electron chi connectivity index (χ0n) is 13.4. The molecule has 21 heavy (non-hydrogen) atoms. The molecule has 0 spiro atoms. The van der Waals surface area contributed by atoms with Crippen molar-refractivity contribution in [2.45, 2.75) is 58.3 Å². The largest absolute Gasteiger partial charge is 0.243 e. The highest BCUT2D eigenvalue weighted by Crippen LogP contribution is 2.26. The van der Waals surface area contributed by atoms with Crippen molar-refractivity contribution in [1.82, 2.24) is 4.31 Å². The van der Waals surface area contributed by atoms with Crippen LogP contribution >= 0.6 is 11.6 Å². The normalized spacial score (nSPS) is 12.1. The van der Waals surface area contributed by atoms with Crippen LogP contribution in [0, 0.1) is 13.8 Å². The first kappa shape index (κ1) is 18.5. The molecule has 0 aliphatic carbocycles. The number of unbranched alkanes of at least 4 members (excludes halogenated alkanes) is 2. The summed E-state index contributed by atoms with van der Waals surface area (Å²) in [6.45, 7) is 8.95. The highest BCUT2D eigenvalue weighted by Gasteiger charge is 2.25. The van der Waals surface area contributed by atoms with Gasteiger partial charge in [-0.15, -0.1) is 0 Å². The number of nitrogens with zero attached hydrogens (tertiary/aromatic N) is 1. The van der Waals surface area contributed by atoms with Gasteiger partial charge in [-0.3, -0.25) is 0 Å². The van der Waals surface area contributed by atoms with Crippen LogP contribution in [0.15, 0.2) is 17.0 Å². The van der Waals surface area contributed by atoms with Crippen molar-refractivity contribution in [3.63, 3.8) is 0 Å². The molecule has 0 aliphatic rings. The molecule has 0 aromatic heterocycles. The van der Waals surface area contributed by atoms with Crippen LogP contribution in [0.2, 0.25) is 5.02 Å². The first-order valence-electron chi connectivity index (χ1n) is 7.61. The number of rotatable bonds is 8. The third-order valence-corrected chi connectivity index (χ3v) is 6.04. The smallest absolute Gasteiger partial charge is 0.207 e. The van der Waals surface area contributed by atoms with Crippen molar-refractivity contribution < 1.29 is 8.42 Å². The SMILES string of the molecule is CCCCN(CCCC)S(=O)(=O)c1cc(C)c(Cl)cc1C. The molecular formula is C16H26ClNO2S. The summed E-state index contributed by atoms with van der Waals surface area (Å²) in [5.74, 6) is 0. The molecule has 0 radical (unpaired) electrons. The Morgan fingerprint density at radius 3 is 2.00 bits per heavy atom. The van der Waals surface area contributed by atoms with E-state index in [1.54, 1.807) is 23.4 Å². The van der Waals surface area contributed by atoms with Gasteiger partial charge in [0.05, 0.1) is 4.90 Å². The van der Waals surface area contributed by atoms with Gasteiger partial charge in [-0.25, -0.2) is 8.42 Å². The predicted octanol–water partition coefficient (Wildman–Crippen LogP) is 4.55. The Labute approximate surface area is 134 Å². The van der Waals surface area contributed by atoms with E-state index < -0.39 is 10.0 Å². The van der Waals surface area contributed by atoms with Crippen LogP contribution in [-0.2, 0) is 10.0 Å². The Morgan fingerprint density at radius 2 is 1.52 bits per heavy atom. The van der Waals surface area contributed by atoms with E-state index in [1.807, 2.05) is 6.92 Å². The summed E-state index contributed by atoms with van der Waals surface area (Å²) >= 11 is 6.07. The summed E-state index contributed by atoms with van der Waals surface area (Å²) < 4.78 is 27.4. The quantitative estimate of drug-likeness (QED) is 0.701. The maximum atomic E-state index is 12.9. The van der Waals surface area contributed by atoms with E-state index in [9.17, 15) is 8.42 Å². The van der Waals surface area contributed by atoms with Gasteiger partial charge in [-0.05, 0) is 49.9 Å². The van der Waals surface area contributed by atoms with Gasteiger partial charge >= 0.3 is 0 Å². The van der Waals surface area contributed by atoms with Crippen molar-refractivity contribution in [3.05, 3.63) is 28.3 Å². The number of sulfonamides is 1. The fourth-order valence-corrected chi connectivity index (χ4v) is 4.22. The lowest BCUT2D eigenvalue weighted by Gasteiger charge is -2.23. The zero-order valence-corrected chi connectivity index (χ0v) is 15.0. The Morgan fingerprint density at radius 1 is 1.00 bits per heavy atom.